The van der Waals surface area contributed by atoms with E-state index >= 15 is 0 Å². The summed E-state index contributed by atoms with van der Waals surface area (Å²) in [6.07, 6.45) is 2.20. The normalized spacial score (nSPS) is 10.6. The van der Waals surface area contributed by atoms with Gasteiger partial charge in [0.15, 0.2) is 0 Å². The fraction of sp³-hybridized carbons (Fsp3) is 0.235. The minimum Gasteiger partial charge on any atom is -0.481 e. The van der Waals surface area contributed by atoms with E-state index in [0.717, 1.165) is 17.4 Å². The number of hydrogen-bond donors (Lipinski definition) is 0. The summed E-state index contributed by atoms with van der Waals surface area (Å²) < 4.78 is 21.0. The predicted molar refractivity (Wildman–Crippen MR) is 87.1 cm³/mol. The van der Waals surface area contributed by atoms with Gasteiger partial charge in [0.1, 0.15) is 11.1 Å². The van der Waals surface area contributed by atoms with Crippen LogP contribution in [0, 0.1) is 0 Å². The number of aryl methyl sites for hydroxylation is 1. The zero-order valence-corrected chi connectivity index (χ0v) is 13.5. The molecule has 2 aromatic heterocycles. The molecule has 124 valence electrons. The Morgan fingerprint density at radius 2 is 1.83 bits per heavy atom. The van der Waals surface area contributed by atoms with Crippen molar-refractivity contribution in [2.75, 3.05) is 14.2 Å². The highest BCUT2D eigenvalue weighted by atomic mass is 16.5. The van der Waals surface area contributed by atoms with Crippen LogP contribution in [0.25, 0.3) is 10.8 Å². The molecule has 0 amide bonds. The summed E-state index contributed by atoms with van der Waals surface area (Å²) in [5.41, 5.74) is 0.437. The molecule has 0 N–H and O–H groups in total. The topological polar surface area (TPSA) is 83.7 Å². The number of aromatic nitrogens is 2. The van der Waals surface area contributed by atoms with Crippen LogP contribution in [0.1, 0.15) is 12.5 Å². The predicted octanol–water partition coefficient (Wildman–Crippen LogP) is 2.95. The van der Waals surface area contributed by atoms with Crippen molar-refractivity contribution in [3.63, 3.8) is 0 Å². The fourth-order valence-electron chi connectivity index (χ4n) is 2.35. The number of nitrogens with zero attached hydrogens (tertiary/aromatic N) is 2. The lowest BCUT2D eigenvalue weighted by molar-refractivity contribution is 0.348. The number of fused-ring (bicyclic) bond motifs is 1. The number of ether oxygens (including phenoxy) is 3. The molecule has 24 heavy (non-hydrogen) atoms. The van der Waals surface area contributed by atoms with Crippen LogP contribution in [0.15, 0.2) is 39.7 Å². The molecule has 0 saturated carbocycles. The molecule has 0 saturated heterocycles. The Morgan fingerprint density at radius 1 is 1.12 bits per heavy atom. The van der Waals surface area contributed by atoms with Gasteiger partial charge in [0.2, 0.25) is 11.8 Å². The van der Waals surface area contributed by atoms with Crippen molar-refractivity contribution in [3.05, 3.63) is 46.5 Å². The van der Waals surface area contributed by atoms with Crippen LogP contribution in [-0.2, 0) is 6.42 Å². The van der Waals surface area contributed by atoms with Gasteiger partial charge in [0, 0.05) is 0 Å². The lowest BCUT2D eigenvalue weighted by atomic mass is 10.1. The minimum absolute atomic E-state index is 0.0139. The minimum atomic E-state index is -0.479. The Balaban J connectivity index is 2.13. The Labute approximate surface area is 137 Å². The molecule has 3 rings (SSSR count). The highest BCUT2D eigenvalue weighted by Crippen LogP contribution is 2.29. The van der Waals surface area contributed by atoms with Crippen LogP contribution in [-0.4, -0.2) is 24.2 Å². The third-order valence-electron chi connectivity index (χ3n) is 3.54. The lowest BCUT2D eigenvalue weighted by Gasteiger charge is -2.10. The summed E-state index contributed by atoms with van der Waals surface area (Å²) in [6, 6.07) is 6.85. The highest BCUT2D eigenvalue weighted by molar-refractivity contribution is 5.89. The number of rotatable bonds is 5. The first kappa shape index (κ1) is 15.8. The Morgan fingerprint density at radius 3 is 2.46 bits per heavy atom. The van der Waals surface area contributed by atoms with E-state index in [4.69, 9.17) is 18.6 Å². The van der Waals surface area contributed by atoms with Gasteiger partial charge in [0.25, 0.3) is 0 Å². The van der Waals surface area contributed by atoms with Crippen LogP contribution >= 0.6 is 0 Å². The first-order valence-corrected chi connectivity index (χ1v) is 7.34. The van der Waals surface area contributed by atoms with E-state index in [1.807, 2.05) is 13.0 Å². The average molecular weight is 328 g/mol. The monoisotopic (exact) mass is 328 g/mol. The van der Waals surface area contributed by atoms with Gasteiger partial charge in [-0.25, -0.2) is 4.79 Å². The second-order valence-electron chi connectivity index (χ2n) is 4.92. The van der Waals surface area contributed by atoms with Crippen LogP contribution in [0.5, 0.6) is 23.5 Å². The van der Waals surface area contributed by atoms with Crippen molar-refractivity contribution >= 4 is 10.8 Å². The average Bonchev–Trinajstić information content (AvgIpc) is 2.61. The van der Waals surface area contributed by atoms with Crippen LogP contribution in [0.4, 0.5) is 0 Å². The molecule has 0 aliphatic carbocycles. The van der Waals surface area contributed by atoms with Crippen molar-refractivity contribution in [1.29, 1.82) is 0 Å². The molecule has 1 aromatic carbocycles. The third-order valence-corrected chi connectivity index (χ3v) is 3.54. The van der Waals surface area contributed by atoms with Gasteiger partial charge in [-0.3, -0.25) is 0 Å². The van der Waals surface area contributed by atoms with Crippen molar-refractivity contribution < 1.29 is 18.6 Å². The van der Waals surface area contributed by atoms with Gasteiger partial charge in [-0.05, 0) is 23.4 Å². The molecule has 0 fully saturated rings. The molecule has 0 bridgehead atoms. The summed E-state index contributed by atoms with van der Waals surface area (Å²) in [4.78, 5) is 20.4. The molecule has 3 aromatic rings. The van der Waals surface area contributed by atoms with Gasteiger partial charge >= 0.3 is 11.6 Å². The van der Waals surface area contributed by atoms with Crippen LogP contribution < -0.4 is 19.8 Å². The second-order valence-corrected chi connectivity index (χ2v) is 4.92. The molecule has 0 aliphatic heterocycles. The first-order chi connectivity index (χ1) is 11.7. The molecule has 0 radical (unpaired) electrons. The number of hydrogen-bond acceptors (Lipinski definition) is 7. The Bertz CT molecular complexity index is 914. The summed E-state index contributed by atoms with van der Waals surface area (Å²) in [5, 5.41) is 1.13. The van der Waals surface area contributed by atoms with Crippen LogP contribution in [0.3, 0.4) is 0 Å². The fourth-order valence-corrected chi connectivity index (χ4v) is 2.35. The van der Waals surface area contributed by atoms with E-state index in [1.165, 1.54) is 26.5 Å². The largest absolute Gasteiger partial charge is 0.481 e. The van der Waals surface area contributed by atoms with Gasteiger partial charge < -0.3 is 18.6 Å². The maximum absolute atomic E-state index is 12.2. The van der Waals surface area contributed by atoms with Gasteiger partial charge in [-0.15, -0.1) is 0 Å². The lowest BCUT2D eigenvalue weighted by Crippen LogP contribution is -2.04. The SMILES string of the molecule is CCc1coc(=O)c2c(Oc3nc(OC)cc(OC)n3)cccc12. The zero-order chi connectivity index (χ0) is 17.1. The molecular weight excluding hydrogens is 312 g/mol. The summed E-state index contributed by atoms with van der Waals surface area (Å²) in [6.45, 7) is 1.98. The van der Waals surface area contributed by atoms with E-state index in [0.29, 0.717) is 22.9 Å². The van der Waals surface area contributed by atoms with Crippen molar-refractivity contribution in [3.8, 4) is 23.5 Å². The Kier molecular flexibility index (Phi) is 4.33. The van der Waals surface area contributed by atoms with Crippen LogP contribution in [0.2, 0.25) is 0 Å². The Hall–Kier alpha value is -3.09. The molecule has 7 nitrogen and oxygen atoms in total. The number of benzene rings is 1. The summed E-state index contributed by atoms with van der Waals surface area (Å²) in [5.74, 6) is 0.892. The second kappa shape index (κ2) is 6.57. The zero-order valence-electron chi connectivity index (χ0n) is 13.5. The van der Waals surface area contributed by atoms with Gasteiger partial charge in [0.05, 0.1) is 26.5 Å². The van der Waals surface area contributed by atoms with Crippen molar-refractivity contribution in [2.24, 2.45) is 0 Å². The van der Waals surface area contributed by atoms with E-state index in [-0.39, 0.29) is 6.01 Å². The smallest absolute Gasteiger partial charge is 0.347 e. The molecule has 0 unspecified atom stereocenters. The highest BCUT2D eigenvalue weighted by Gasteiger charge is 2.14. The molecule has 0 spiro atoms. The maximum atomic E-state index is 12.2. The van der Waals surface area contributed by atoms with Gasteiger partial charge in [-0.1, -0.05) is 19.1 Å². The molecule has 0 aliphatic rings. The van der Waals surface area contributed by atoms with E-state index in [9.17, 15) is 4.79 Å². The molecular formula is C17H16N2O5. The van der Waals surface area contributed by atoms with E-state index in [2.05, 4.69) is 9.97 Å². The standard InChI is InChI=1S/C17H16N2O5/c1-4-10-9-23-16(20)15-11(10)6-5-7-12(15)24-17-18-13(21-2)8-14(19-17)22-3/h5-9H,4H2,1-3H3. The van der Waals surface area contributed by atoms with E-state index < -0.39 is 5.63 Å². The molecule has 7 heteroatoms. The third kappa shape index (κ3) is 2.88. The summed E-state index contributed by atoms with van der Waals surface area (Å²) >= 11 is 0. The van der Waals surface area contributed by atoms with E-state index in [1.54, 1.807) is 12.1 Å². The molecule has 0 atom stereocenters. The summed E-state index contributed by atoms with van der Waals surface area (Å²) in [7, 11) is 2.96. The van der Waals surface area contributed by atoms with Crippen molar-refractivity contribution in [2.45, 2.75) is 13.3 Å². The van der Waals surface area contributed by atoms with Crippen molar-refractivity contribution in [1.82, 2.24) is 9.97 Å². The maximum Gasteiger partial charge on any atom is 0.347 e. The first-order valence-electron chi connectivity index (χ1n) is 7.34. The van der Waals surface area contributed by atoms with Gasteiger partial charge in [-0.2, -0.15) is 9.97 Å². The molecule has 2 heterocycles. The quantitative estimate of drug-likeness (QED) is 0.712. The number of methoxy groups -OCH3 is 2.